The highest BCUT2D eigenvalue weighted by molar-refractivity contribution is 5.77. The predicted octanol–water partition coefficient (Wildman–Crippen LogP) is 2.87. The molecule has 1 saturated heterocycles. The largest absolute Gasteiger partial charge is 0.435 e. The lowest BCUT2D eigenvalue weighted by Crippen LogP contribution is -2.23. The number of cyclic esters (lactones) is 1. The highest BCUT2D eigenvalue weighted by atomic mass is 16.7. The molecule has 2 aliphatic rings. The molecular formula is C16H18O3. The smallest absolute Gasteiger partial charge is 0.312 e. The van der Waals surface area contributed by atoms with Crippen LogP contribution in [0.2, 0.25) is 0 Å². The second-order valence-electron chi connectivity index (χ2n) is 5.35. The van der Waals surface area contributed by atoms with Crippen LogP contribution in [0.15, 0.2) is 35.9 Å². The number of rotatable bonds is 2. The van der Waals surface area contributed by atoms with Gasteiger partial charge in [0.1, 0.15) is 0 Å². The average molecular weight is 258 g/mol. The van der Waals surface area contributed by atoms with Crippen molar-refractivity contribution >= 4 is 12.0 Å². The molecule has 0 aromatic heterocycles. The fourth-order valence-electron chi connectivity index (χ4n) is 3.28. The van der Waals surface area contributed by atoms with Crippen molar-refractivity contribution < 1.29 is 14.3 Å². The van der Waals surface area contributed by atoms with E-state index in [9.17, 15) is 4.79 Å². The molecule has 0 radical (unpaired) electrons. The molecule has 1 saturated carbocycles. The summed E-state index contributed by atoms with van der Waals surface area (Å²) in [5.74, 6) is 0.337. The Morgan fingerprint density at radius 3 is 2.74 bits per heavy atom. The van der Waals surface area contributed by atoms with Gasteiger partial charge in [0.15, 0.2) is 0 Å². The molecule has 3 nitrogen and oxygen atoms in total. The van der Waals surface area contributed by atoms with Crippen molar-refractivity contribution in [3.05, 3.63) is 41.5 Å². The summed E-state index contributed by atoms with van der Waals surface area (Å²) < 4.78 is 10.6. The Morgan fingerprint density at radius 1 is 1.32 bits per heavy atom. The van der Waals surface area contributed by atoms with Crippen molar-refractivity contribution in [2.75, 3.05) is 7.11 Å². The third-order valence-electron chi connectivity index (χ3n) is 4.32. The normalized spacial score (nSPS) is 35.5. The molecule has 1 aliphatic carbocycles. The lowest BCUT2D eigenvalue weighted by molar-refractivity contribution is -0.163. The fourth-order valence-corrected chi connectivity index (χ4v) is 3.28. The number of esters is 1. The van der Waals surface area contributed by atoms with Crippen LogP contribution in [0.1, 0.15) is 18.9 Å². The predicted molar refractivity (Wildman–Crippen MR) is 72.1 cm³/mol. The number of carbonyl (C=O) groups excluding carboxylic acids is 1. The van der Waals surface area contributed by atoms with Crippen molar-refractivity contribution in [1.82, 2.24) is 0 Å². The van der Waals surface area contributed by atoms with E-state index in [2.05, 4.69) is 25.1 Å². The molecule has 0 N–H and O–H groups in total. The Hall–Kier alpha value is -1.61. The van der Waals surface area contributed by atoms with E-state index < -0.39 is 0 Å². The highest BCUT2D eigenvalue weighted by Gasteiger charge is 2.52. The molecule has 1 heterocycles. The van der Waals surface area contributed by atoms with Gasteiger partial charge in [-0.1, -0.05) is 48.9 Å². The highest BCUT2D eigenvalue weighted by Crippen LogP contribution is 2.48. The molecule has 19 heavy (non-hydrogen) atoms. The van der Waals surface area contributed by atoms with Gasteiger partial charge in [0, 0.05) is 13.0 Å². The molecule has 4 unspecified atom stereocenters. The van der Waals surface area contributed by atoms with Gasteiger partial charge in [-0.15, -0.1) is 0 Å². The maximum absolute atomic E-state index is 11.8. The van der Waals surface area contributed by atoms with Crippen LogP contribution in [0, 0.1) is 17.8 Å². The van der Waals surface area contributed by atoms with Gasteiger partial charge in [-0.05, 0) is 17.9 Å². The summed E-state index contributed by atoms with van der Waals surface area (Å²) in [5.41, 5.74) is 2.51. The van der Waals surface area contributed by atoms with E-state index in [4.69, 9.17) is 9.47 Å². The molecule has 3 rings (SSSR count). The van der Waals surface area contributed by atoms with Crippen molar-refractivity contribution in [1.29, 1.82) is 0 Å². The number of methoxy groups -OCH3 is 1. The molecule has 0 amide bonds. The van der Waals surface area contributed by atoms with Crippen LogP contribution in [-0.2, 0) is 14.3 Å². The fraction of sp³-hybridized carbons (Fsp3) is 0.438. The number of hydrogen-bond donors (Lipinski definition) is 0. The van der Waals surface area contributed by atoms with E-state index in [0.29, 0.717) is 5.92 Å². The summed E-state index contributed by atoms with van der Waals surface area (Å²) in [7, 11) is 1.60. The van der Waals surface area contributed by atoms with Crippen LogP contribution in [0.3, 0.4) is 0 Å². The molecule has 1 aromatic rings. The molecular weight excluding hydrogens is 240 g/mol. The molecule has 0 spiro atoms. The lowest BCUT2D eigenvalue weighted by Gasteiger charge is -2.19. The maximum Gasteiger partial charge on any atom is 0.312 e. The minimum Gasteiger partial charge on any atom is -0.435 e. The first kappa shape index (κ1) is 12.4. The van der Waals surface area contributed by atoms with Crippen molar-refractivity contribution in [2.24, 2.45) is 17.8 Å². The Morgan fingerprint density at radius 2 is 2.05 bits per heavy atom. The van der Waals surface area contributed by atoms with E-state index in [1.54, 1.807) is 7.11 Å². The van der Waals surface area contributed by atoms with Crippen molar-refractivity contribution in [2.45, 2.75) is 19.6 Å². The quantitative estimate of drug-likeness (QED) is 0.765. The van der Waals surface area contributed by atoms with E-state index in [1.165, 1.54) is 11.1 Å². The van der Waals surface area contributed by atoms with Crippen LogP contribution in [0.5, 0.6) is 0 Å². The summed E-state index contributed by atoms with van der Waals surface area (Å²) in [4.78, 5) is 11.8. The Balaban J connectivity index is 1.88. The van der Waals surface area contributed by atoms with E-state index >= 15 is 0 Å². The zero-order chi connectivity index (χ0) is 13.4. The molecule has 3 heteroatoms. The first-order chi connectivity index (χ1) is 9.20. The number of fused-ring (bicyclic) bond motifs is 1. The number of hydrogen-bond acceptors (Lipinski definition) is 3. The first-order valence-electron chi connectivity index (χ1n) is 6.69. The third kappa shape index (κ3) is 2.08. The third-order valence-corrected chi connectivity index (χ3v) is 4.32. The molecule has 2 fully saturated rings. The van der Waals surface area contributed by atoms with Gasteiger partial charge in [0.05, 0.1) is 5.92 Å². The van der Waals surface area contributed by atoms with E-state index in [1.807, 2.05) is 18.2 Å². The summed E-state index contributed by atoms with van der Waals surface area (Å²) in [6.45, 7) is 2.16. The molecule has 0 bridgehead atoms. The molecule has 1 aliphatic heterocycles. The van der Waals surface area contributed by atoms with Gasteiger partial charge in [0.2, 0.25) is 6.29 Å². The number of benzene rings is 1. The van der Waals surface area contributed by atoms with Gasteiger partial charge in [-0.2, -0.15) is 0 Å². The van der Waals surface area contributed by atoms with Crippen LogP contribution in [0.25, 0.3) is 6.08 Å². The summed E-state index contributed by atoms with van der Waals surface area (Å²) in [6.07, 6.45) is 2.61. The summed E-state index contributed by atoms with van der Waals surface area (Å²) in [6, 6.07) is 10.2. The molecule has 1 aromatic carbocycles. The zero-order valence-electron chi connectivity index (χ0n) is 11.2. The van der Waals surface area contributed by atoms with Crippen LogP contribution < -0.4 is 0 Å². The zero-order valence-corrected chi connectivity index (χ0v) is 11.2. The van der Waals surface area contributed by atoms with Crippen molar-refractivity contribution in [3.8, 4) is 0 Å². The van der Waals surface area contributed by atoms with E-state index in [0.717, 1.165) is 6.42 Å². The van der Waals surface area contributed by atoms with Crippen molar-refractivity contribution in [3.63, 3.8) is 0 Å². The number of carbonyl (C=O) groups is 1. The second kappa shape index (κ2) is 4.82. The standard InChI is InChI=1S/C16H18O3/c1-10-12(8-11-6-4-3-5-7-11)9-13-14(10)16(18-2)19-15(13)17/h3-8,10,13-14,16H,9H2,1-2H3/b12-8-. The minimum atomic E-state index is -0.380. The topological polar surface area (TPSA) is 35.5 Å². The number of ether oxygens (including phenoxy) is 2. The minimum absolute atomic E-state index is 0.0325. The maximum atomic E-state index is 11.8. The van der Waals surface area contributed by atoms with Gasteiger partial charge in [-0.3, -0.25) is 4.79 Å². The Bertz CT molecular complexity index is 506. The van der Waals surface area contributed by atoms with Gasteiger partial charge in [0.25, 0.3) is 0 Å². The van der Waals surface area contributed by atoms with Gasteiger partial charge in [-0.25, -0.2) is 0 Å². The first-order valence-corrected chi connectivity index (χ1v) is 6.69. The lowest BCUT2D eigenvalue weighted by atomic mass is 9.91. The summed E-state index contributed by atoms with van der Waals surface area (Å²) >= 11 is 0. The van der Waals surface area contributed by atoms with E-state index in [-0.39, 0.29) is 24.1 Å². The van der Waals surface area contributed by atoms with Crippen LogP contribution >= 0.6 is 0 Å². The SMILES string of the molecule is COC1OC(=O)C2C/C(=C/c3ccccc3)C(C)C12. The van der Waals surface area contributed by atoms with Gasteiger partial charge < -0.3 is 9.47 Å². The Labute approximate surface area is 113 Å². The molecule has 100 valence electrons. The molecule has 4 atom stereocenters. The average Bonchev–Trinajstić information content (AvgIpc) is 2.91. The number of allylic oxidation sites excluding steroid dienone is 1. The van der Waals surface area contributed by atoms with Crippen LogP contribution in [0.4, 0.5) is 0 Å². The summed E-state index contributed by atoms with van der Waals surface area (Å²) in [5, 5.41) is 0. The monoisotopic (exact) mass is 258 g/mol. The van der Waals surface area contributed by atoms with Crippen LogP contribution in [-0.4, -0.2) is 19.4 Å². The Kier molecular flexibility index (Phi) is 3.15. The van der Waals surface area contributed by atoms with Gasteiger partial charge >= 0.3 is 5.97 Å². The second-order valence-corrected chi connectivity index (χ2v) is 5.35.